The molecule has 1 aliphatic rings. The molecule has 1 aromatic heterocycles. The maximum Gasteiger partial charge on any atom is 0.317 e. The Labute approximate surface area is 117 Å². The molecule has 3 amide bonds. The van der Waals surface area contributed by atoms with Crippen LogP contribution in [0.25, 0.3) is 0 Å². The molecule has 1 saturated heterocycles. The molecule has 1 aromatic rings. The fourth-order valence-electron chi connectivity index (χ4n) is 2.25. The first-order valence-electron chi connectivity index (χ1n) is 6.46. The number of likely N-dealkylation sites (tertiary alicyclic amines) is 1. The second-order valence-electron chi connectivity index (χ2n) is 4.78. The van der Waals surface area contributed by atoms with Crippen LogP contribution < -0.4 is 10.6 Å². The third kappa shape index (κ3) is 4.24. The molecule has 6 heteroatoms. The van der Waals surface area contributed by atoms with Crippen molar-refractivity contribution < 1.29 is 9.59 Å². The van der Waals surface area contributed by atoms with E-state index in [0.29, 0.717) is 13.1 Å². The quantitative estimate of drug-likeness (QED) is 0.883. The molecule has 5 nitrogen and oxygen atoms in total. The monoisotopic (exact) mass is 281 g/mol. The maximum atomic E-state index is 12.0. The van der Waals surface area contributed by atoms with Crippen molar-refractivity contribution in [2.45, 2.75) is 32.4 Å². The van der Waals surface area contributed by atoms with Gasteiger partial charge in [-0.05, 0) is 35.2 Å². The average Bonchev–Trinajstić information content (AvgIpc) is 2.88. The van der Waals surface area contributed by atoms with E-state index in [0.717, 1.165) is 24.9 Å². The Balaban J connectivity index is 1.79. The summed E-state index contributed by atoms with van der Waals surface area (Å²) in [5.74, 6) is -0.0365. The minimum absolute atomic E-state index is 0.0365. The van der Waals surface area contributed by atoms with E-state index in [4.69, 9.17) is 0 Å². The van der Waals surface area contributed by atoms with E-state index in [1.165, 1.54) is 6.92 Å². The van der Waals surface area contributed by atoms with Gasteiger partial charge in [0.15, 0.2) is 0 Å². The Bertz CT molecular complexity index is 433. The molecule has 0 radical (unpaired) electrons. The molecule has 1 atom stereocenters. The van der Waals surface area contributed by atoms with Gasteiger partial charge in [0.05, 0.1) is 0 Å². The molecular formula is C13H19N3O2S. The number of rotatable bonds is 3. The van der Waals surface area contributed by atoms with Crippen molar-refractivity contribution in [2.75, 3.05) is 13.1 Å². The van der Waals surface area contributed by atoms with Gasteiger partial charge in [0.25, 0.3) is 0 Å². The van der Waals surface area contributed by atoms with Gasteiger partial charge in [0, 0.05) is 32.6 Å². The van der Waals surface area contributed by atoms with E-state index in [1.807, 2.05) is 16.8 Å². The smallest absolute Gasteiger partial charge is 0.317 e. The van der Waals surface area contributed by atoms with E-state index in [1.54, 1.807) is 16.2 Å². The number of hydrogen-bond donors (Lipinski definition) is 2. The molecule has 19 heavy (non-hydrogen) atoms. The Kier molecular flexibility index (Phi) is 4.79. The molecule has 0 aromatic carbocycles. The highest BCUT2D eigenvalue weighted by Gasteiger charge is 2.23. The number of nitrogens with one attached hydrogen (secondary N) is 2. The van der Waals surface area contributed by atoms with Crippen molar-refractivity contribution in [3.8, 4) is 0 Å². The number of urea groups is 1. The molecule has 2 rings (SSSR count). The largest absolute Gasteiger partial charge is 0.352 e. The van der Waals surface area contributed by atoms with Gasteiger partial charge in [-0.15, -0.1) is 0 Å². The number of carbonyl (C=O) groups excluding carboxylic acids is 2. The lowest BCUT2D eigenvalue weighted by Crippen LogP contribution is -2.51. The van der Waals surface area contributed by atoms with E-state index in [9.17, 15) is 9.59 Å². The summed E-state index contributed by atoms with van der Waals surface area (Å²) in [5.41, 5.74) is 1.12. The SMILES string of the molecule is CC(=O)N[C@@H]1CCCN(C(=O)NCc2ccsc2)C1. The standard InChI is InChI=1S/C13H19N3O2S/c1-10(17)15-12-3-2-5-16(8-12)13(18)14-7-11-4-6-19-9-11/h4,6,9,12H,2-3,5,7-8H2,1H3,(H,14,18)(H,15,17)/t12-/m1/s1. The van der Waals surface area contributed by atoms with Crippen LogP contribution in [0.3, 0.4) is 0 Å². The molecule has 104 valence electrons. The number of thiophene rings is 1. The lowest BCUT2D eigenvalue weighted by Gasteiger charge is -2.33. The first kappa shape index (κ1) is 13.9. The number of hydrogen-bond acceptors (Lipinski definition) is 3. The first-order valence-corrected chi connectivity index (χ1v) is 7.40. The highest BCUT2D eigenvalue weighted by atomic mass is 32.1. The lowest BCUT2D eigenvalue weighted by molar-refractivity contribution is -0.119. The van der Waals surface area contributed by atoms with Crippen molar-refractivity contribution in [3.05, 3.63) is 22.4 Å². The maximum absolute atomic E-state index is 12.0. The van der Waals surface area contributed by atoms with Gasteiger partial charge in [-0.3, -0.25) is 4.79 Å². The van der Waals surface area contributed by atoms with Gasteiger partial charge in [0.1, 0.15) is 0 Å². The Morgan fingerprint density at radius 1 is 1.53 bits per heavy atom. The molecular weight excluding hydrogens is 262 g/mol. The Morgan fingerprint density at radius 2 is 2.37 bits per heavy atom. The van der Waals surface area contributed by atoms with Gasteiger partial charge >= 0.3 is 6.03 Å². The second-order valence-corrected chi connectivity index (χ2v) is 5.56. The average molecular weight is 281 g/mol. The van der Waals surface area contributed by atoms with Crippen molar-refractivity contribution in [2.24, 2.45) is 0 Å². The van der Waals surface area contributed by atoms with Crippen LogP contribution in [0.15, 0.2) is 16.8 Å². The topological polar surface area (TPSA) is 61.4 Å². The van der Waals surface area contributed by atoms with E-state index in [2.05, 4.69) is 10.6 Å². The normalized spacial score (nSPS) is 19.0. The Hall–Kier alpha value is -1.56. The summed E-state index contributed by atoms with van der Waals surface area (Å²) in [7, 11) is 0. The highest BCUT2D eigenvalue weighted by molar-refractivity contribution is 7.07. The lowest BCUT2D eigenvalue weighted by atomic mass is 10.1. The molecule has 0 unspecified atom stereocenters. The number of nitrogens with zero attached hydrogens (tertiary/aromatic N) is 1. The van der Waals surface area contributed by atoms with Crippen LogP contribution in [-0.2, 0) is 11.3 Å². The van der Waals surface area contributed by atoms with Crippen LogP contribution in [0.4, 0.5) is 4.79 Å². The third-order valence-electron chi connectivity index (χ3n) is 3.14. The summed E-state index contributed by atoms with van der Waals surface area (Å²) >= 11 is 1.62. The Morgan fingerprint density at radius 3 is 3.05 bits per heavy atom. The minimum Gasteiger partial charge on any atom is -0.352 e. The van der Waals surface area contributed by atoms with Crippen molar-refractivity contribution in [3.63, 3.8) is 0 Å². The minimum atomic E-state index is -0.0544. The van der Waals surface area contributed by atoms with Crippen LogP contribution in [0, 0.1) is 0 Å². The zero-order valence-electron chi connectivity index (χ0n) is 11.0. The molecule has 2 N–H and O–H groups in total. The van der Waals surface area contributed by atoms with Crippen LogP contribution in [0.5, 0.6) is 0 Å². The fourth-order valence-corrected chi connectivity index (χ4v) is 2.92. The number of carbonyl (C=O) groups is 2. The summed E-state index contributed by atoms with van der Waals surface area (Å²) in [5, 5.41) is 9.81. The van der Waals surface area contributed by atoms with Crippen molar-refractivity contribution >= 4 is 23.3 Å². The molecule has 0 spiro atoms. The molecule has 1 aliphatic heterocycles. The predicted molar refractivity (Wildman–Crippen MR) is 75.0 cm³/mol. The molecule has 0 aliphatic carbocycles. The van der Waals surface area contributed by atoms with Crippen molar-refractivity contribution in [1.82, 2.24) is 15.5 Å². The predicted octanol–water partition coefficient (Wildman–Crippen LogP) is 1.56. The van der Waals surface area contributed by atoms with Crippen LogP contribution in [0.1, 0.15) is 25.3 Å². The summed E-state index contributed by atoms with van der Waals surface area (Å²) in [6, 6.07) is 2.03. The van der Waals surface area contributed by atoms with Gasteiger partial charge in [0.2, 0.25) is 5.91 Å². The van der Waals surface area contributed by atoms with Gasteiger partial charge in [-0.2, -0.15) is 11.3 Å². The summed E-state index contributed by atoms with van der Waals surface area (Å²) in [6.07, 6.45) is 1.87. The van der Waals surface area contributed by atoms with Crippen LogP contribution in [0.2, 0.25) is 0 Å². The van der Waals surface area contributed by atoms with Gasteiger partial charge in [-0.1, -0.05) is 0 Å². The first-order chi connectivity index (χ1) is 9.15. The zero-order valence-corrected chi connectivity index (χ0v) is 11.8. The van der Waals surface area contributed by atoms with Crippen molar-refractivity contribution in [1.29, 1.82) is 0 Å². The zero-order chi connectivity index (χ0) is 13.7. The summed E-state index contributed by atoms with van der Waals surface area (Å²) in [6.45, 7) is 3.42. The van der Waals surface area contributed by atoms with E-state index < -0.39 is 0 Å². The van der Waals surface area contributed by atoms with Crippen LogP contribution in [-0.4, -0.2) is 36.0 Å². The second kappa shape index (κ2) is 6.56. The van der Waals surface area contributed by atoms with E-state index >= 15 is 0 Å². The third-order valence-corrected chi connectivity index (χ3v) is 3.87. The fraction of sp³-hybridized carbons (Fsp3) is 0.538. The van der Waals surface area contributed by atoms with E-state index in [-0.39, 0.29) is 18.0 Å². The number of piperidine rings is 1. The number of amides is 3. The summed E-state index contributed by atoms with van der Waals surface area (Å²) in [4.78, 5) is 24.8. The molecule has 0 bridgehead atoms. The molecule has 2 heterocycles. The van der Waals surface area contributed by atoms with Gasteiger partial charge < -0.3 is 15.5 Å². The highest BCUT2D eigenvalue weighted by Crippen LogP contribution is 2.11. The van der Waals surface area contributed by atoms with Gasteiger partial charge in [-0.25, -0.2) is 4.79 Å². The molecule has 1 fully saturated rings. The summed E-state index contributed by atoms with van der Waals surface area (Å²) < 4.78 is 0. The van der Waals surface area contributed by atoms with Crippen LogP contribution >= 0.6 is 11.3 Å². The molecule has 0 saturated carbocycles.